The molecule has 0 aliphatic heterocycles. The third kappa shape index (κ3) is 4.67. The molecule has 1 heterocycles. The summed E-state index contributed by atoms with van der Waals surface area (Å²) in [5, 5.41) is 0.0930. The summed E-state index contributed by atoms with van der Waals surface area (Å²) < 4.78 is 18.7. The van der Waals surface area contributed by atoms with Crippen LogP contribution in [0.25, 0.3) is 0 Å². The third-order valence-corrected chi connectivity index (χ3v) is 15.0. The first kappa shape index (κ1) is 21.8. The van der Waals surface area contributed by atoms with Crippen LogP contribution in [0, 0.1) is 0 Å². The average Bonchev–Trinajstić information content (AvgIpc) is 2.41. The monoisotopic (exact) mass is 462 g/mol. The summed E-state index contributed by atoms with van der Waals surface area (Å²) in [6.45, 7) is 13.1. The van der Waals surface area contributed by atoms with Crippen molar-refractivity contribution in [3.05, 3.63) is 22.2 Å². The van der Waals surface area contributed by atoms with Crippen LogP contribution in [0.1, 0.15) is 46.0 Å². The van der Waals surface area contributed by atoms with Crippen molar-refractivity contribution in [1.82, 2.24) is 0 Å². The predicted molar refractivity (Wildman–Crippen MR) is 106 cm³/mol. The molecule has 0 N–H and O–H groups in total. The van der Waals surface area contributed by atoms with Gasteiger partial charge >= 0.3 is 152 Å². The first-order chi connectivity index (χ1) is 10.8. The Morgan fingerprint density at radius 1 is 1.25 bits per heavy atom. The summed E-state index contributed by atoms with van der Waals surface area (Å²) in [4.78, 5) is 19.5. The number of hydrogen-bond acceptors (Lipinski definition) is 4. The van der Waals surface area contributed by atoms with E-state index in [1.54, 1.807) is 6.26 Å². The van der Waals surface area contributed by atoms with E-state index >= 15 is 0 Å². The van der Waals surface area contributed by atoms with Gasteiger partial charge in [0.05, 0.1) is 0 Å². The molecule has 1 atom stereocenters. The van der Waals surface area contributed by atoms with Crippen LogP contribution in [-0.2, 0) is 4.43 Å². The van der Waals surface area contributed by atoms with Crippen molar-refractivity contribution in [1.29, 1.82) is 0 Å². The number of ether oxygens (including phenoxy) is 1. The Hall–Kier alpha value is -0.274. The molecule has 0 radical (unpaired) electrons. The summed E-state index contributed by atoms with van der Waals surface area (Å²) >= 11 is -2.55. The predicted octanol–water partition coefficient (Wildman–Crippen LogP) is 4.67. The summed E-state index contributed by atoms with van der Waals surface area (Å²) in [6.07, 6.45) is 2.15. The van der Waals surface area contributed by atoms with E-state index in [9.17, 15) is 4.79 Å². The minimum atomic E-state index is -2.55. The van der Waals surface area contributed by atoms with E-state index in [1.807, 2.05) is 6.92 Å². The van der Waals surface area contributed by atoms with Crippen LogP contribution < -0.4 is 13.7 Å². The molecule has 0 saturated carbocycles. The van der Waals surface area contributed by atoms with E-state index in [0.717, 1.165) is 10.0 Å². The van der Waals surface area contributed by atoms with Crippen LogP contribution in [0.4, 0.5) is 0 Å². The molecule has 1 unspecified atom stereocenters. The van der Waals surface area contributed by atoms with E-state index in [4.69, 9.17) is 13.6 Å². The molecular weight excluding hydrogens is 427 g/mol. The molecule has 0 bridgehead atoms. The van der Waals surface area contributed by atoms with Gasteiger partial charge in [0.25, 0.3) is 0 Å². The molecule has 6 heteroatoms. The van der Waals surface area contributed by atoms with Gasteiger partial charge in [0.2, 0.25) is 0 Å². The Balaban J connectivity index is 3.39. The normalized spacial score (nSPS) is 14.6. The first-order valence-corrected chi connectivity index (χ1v) is 21.5. The number of hydrogen-bond donors (Lipinski definition) is 0. The van der Waals surface area contributed by atoms with Crippen molar-refractivity contribution in [2.45, 2.75) is 73.2 Å². The van der Waals surface area contributed by atoms with E-state index in [1.165, 1.54) is 7.11 Å². The van der Waals surface area contributed by atoms with Crippen LogP contribution in [-0.4, -0.2) is 33.8 Å². The van der Waals surface area contributed by atoms with Crippen molar-refractivity contribution >= 4 is 30.3 Å². The quantitative estimate of drug-likeness (QED) is 0.579. The maximum absolute atomic E-state index is 12.9. The fraction of sp³-hybridized carbons (Fsp3) is 0.722. The zero-order chi connectivity index (χ0) is 18.9. The number of rotatable bonds is 6. The first-order valence-electron chi connectivity index (χ1n) is 8.64. The van der Waals surface area contributed by atoms with Gasteiger partial charge in [-0.05, 0) is 0 Å². The molecule has 1 rings (SSSR count). The molecule has 24 heavy (non-hydrogen) atoms. The van der Waals surface area contributed by atoms with Crippen molar-refractivity contribution in [2.75, 3.05) is 7.11 Å². The molecule has 0 fully saturated rings. The van der Waals surface area contributed by atoms with Gasteiger partial charge in [0.15, 0.2) is 0 Å². The molecule has 138 valence electrons. The van der Waals surface area contributed by atoms with Crippen LogP contribution in [0.5, 0.6) is 5.75 Å². The average molecular weight is 461 g/mol. The Morgan fingerprint density at radius 2 is 1.79 bits per heavy atom. The van der Waals surface area contributed by atoms with Gasteiger partial charge in [-0.1, -0.05) is 0 Å². The second-order valence-corrected chi connectivity index (χ2v) is 28.0. The Labute approximate surface area is 151 Å². The molecule has 1 aromatic heterocycles. The molecule has 0 aliphatic rings. The SMILES string of the molecule is CCC(O[Si](C)(C)C(C)(C)C)c1oc[c]([Sn]([CH3])([CH3])[CH3])c(=O)c1OC. The summed E-state index contributed by atoms with van der Waals surface area (Å²) in [7, 11) is -0.441. The molecule has 0 saturated heterocycles. The van der Waals surface area contributed by atoms with Crippen molar-refractivity contribution in [2.24, 2.45) is 0 Å². The van der Waals surface area contributed by atoms with E-state index in [-0.39, 0.29) is 16.6 Å². The zero-order valence-electron chi connectivity index (χ0n) is 17.0. The van der Waals surface area contributed by atoms with Crippen LogP contribution in [0.15, 0.2) is 15.5 Å². The molecule has 0 amide bonds. The van der Waals surface area contributed by atoms with Gasteiger partial charge < -0.3 is 0 Å². The Morgan fingerprint density at radius 3 is 2.17 bits per heavy atom. The standard InChI is InChI=1S/C15H25O4Si.3CH3.Sn/c1-8-12(19-20(6,7)15(2,3)4)14-13(17-5)11(16)9-10-18-14;;;;/h10,12H,8H2,1-7H3;3*1H3;. The second kappa shape index (κ2) is 7.54. The summed E-state index contributed by atoms with van der Waals surface area (Å²) in [5.74, 6) is 0.860. The van der Waals surface area contributed by atoms with Crippen molar-refractivity contribution < 1.29 is 13.6 Å². The van der Waals surface area contributed by atoms with Gasteiger partial charge in [-0.3, -0.25) is 0 Å². The topological polar surface area (TPSA) is 48.7 Å². The van der Waals surface area contributed by atoms with Crippen LogP contribution in [0.3, 0.4) is 0 Å². The fourth-order valence-electron chi connectivity index (χ4n) is 2.25. The molecule has 4 nitrogen and oxygen atoms in total. The molecule has 0 aliphatic carbocycles. The van der Waals surface area contributed by atoms with Crippen LogP contribution in [0.2, 0.25) is 33.0 Å². The van der Waals surface area contributed by atoms with Gasteiger partial charge in [-0.2, -0.15) is 0 Å². The van der Waals surface area contributed by atoms with Crippen molar-refractivity contribution in [3.8, 4) is 5.75 Å². The van der Waals surface area contributed by atoms with Crippen molar-refractivity contribution in [3.63, 3.8) is 0 Å². The summed E-state index contributed by atoms with van der Waals surface area (Å²) in [6, 6.07) is 0. The molecule has 0 aromatic carbocycles. The van der Waals surface area contributed by atoms with E-state index in [2.05, 4.69) is 48.7 Å². The van der Waals surface area contributed by atoms with Gasteiger partial charge in [0.1, 0.15) is 0 Å². The van der Waals surface area contributed by atoms with E-state index < -0.39 is 26.7 Å². The Bertz CT molecular complexity index is 623. The van der Waals surface area contributed by atoms with E-state index in [0.29, 0.717) is 11.5 Å². The van der Waals surface area contributed by atoms with Crippen LogP contribution >= 0.6 is 0 Å². The number of methoxy groups -OCH3 is 1. The summed E-state index contributed by atoms with van der Waals surface area (Å²) in [5.41, 5.74) is -0.0145. The minimum absolute atomic E-state index is 0.0145. The fourth-order valence-corrected chi connectivity index (χ4v) is 7.04. The molecular formula is C18H34O4SiSn. The maximum atomic E-state index is 12.9. The molecule has 0 spiro atoms. The zero-order valence-corrected chi connectivity index (χ0v) is 20.8. The molecule has 1 aromatic rings. The van der Waals surface area contributed by atoms with Gasteiger partial charge in [-0.25, -0.2) is 0 Å². The van der Waals surface area contributed by atoms with Gasteiger partial charge in [-0.15, -0.1) is 0 Å². The Kier molecular flexibility index (Phi) is 6.84. The van der Waals surface area contributed by atoms with Gasteiger partial charge in [0, 0.05) is 0 Å². The second-order valence-electron chi connectivity index (χ2n) is 8.90. The third-order valence-electron chi connectivity index (χ3n) is 4.90.